The maximum Gasteiger partial charge on any atom is 0.119 e. The Balaban J connectivity index is 1.53. The molecule has 6 heteroatoms. The lowest BCUT2D eigenvalue weighted by molar-refractivity contribution is 0.0715. The number of nitrogens with zero attached hydrogens (tertiary/aromatic N) is 1. The normalized spacial score (nSPS) is 17.0. The van der Waals surface area contributed by atoms with E-state index in [0.29, 0.717) is 31.6 Å². The average Bonchev–Trinajstić information content (AvgIpc) is 2.82. The molecule has 0 aliphatic carbocycles. The fraction of sp³-hybridized carbons (Fsp3) is 0.538. The predicted molar refractivity (Wildman–Crippen MR) is 136 cm³/mol. The van der Waals surface area contributed by atoms with Crippen molar-refractivity contribution >= 4 is 23.4 Å². The third-order valence-electron chi connectivity index (χ3n) is 5.96. The number of rotatable bonds is 11. The number of halogens is 1. The van der Waals surface area contributed by atoms with E-state index in [2.05, 4.69) is 49.9 Å². The van der Waals surface area contributed by atoms with Crippen LogP contribution in [-0.4, -0.2) is 66.3 Å². The summed E-state index contributed by atoms with van der Waals surface area (Å²) in [5, 5.41) is 10.3. The zero-order chi connectivity index (χ0) is 23.0. The summed E-state index contributed by atoms with van der Waals surface area (Å²) in [5.41, 5.74) is 2.28. The molecule has 4 nitrogen and oxygen atoms in total. The molecule has 1 saturated heterocycles. The standard InChI is InChI=1S/C26H36ClNO3S/c1-20(16-27)18-30-24-8-4-21(5-9-24)26(2,3)22-6-10-25(11-7-22)31-19-23(29)17-28-12-14-32-15-13-28/h4-11,20,23,29H,12-19H2,1-3H3/t20-,23+/m1/s1. The molecule has 1 fully saturated rings. The molecule has 2 atom stereocenters. The first-order chi connectivity index (χ1) is 15.4. The number of hydrogen-bond donors (Lipinski definition) is 1. The number of benzene rings is 2. The van der Waals surface area contributed by atoms with Gasteiger partial charge in [-0.1, -0.05) is 45.0 Å². The first-order valence-electron chi connectivity index (χ1n) is 11.4. The van der Waals surface area contributed by atoms with Crippen molar-refractivity contribution in [3.05, 3.63) is 59.7 Å². The summed E-state index contributed by atoms with van der Waals surface area (Å²) >= 11 is 7.83. The predicted octanol–water partition coefficient (Wildman–Crippen LogP) is 5.05. The van der Waals surface area contributed by atoms with E-state index in [1.54, 1.807) is 0 Å². The first kappa shape index (κ1) is 25.2. The Kier molecular flexibility index (Phi) is 9.60. The molecule has 1 heterocycles. The van der Waals surface area contributed by atoms with E-state index in [0.717, 1.165) is 36.1 Å². The third kappa shape index (κ3) is 7.31. The Labute approximate surface area is 202 Å². The number of β-amino-alcohol motifs (C(OH)–C–C–N with tert-alkyl or cyclic N) is 1. The van der Waals surface area contributed by atoms with Crippen LogP contribution in [0.2, 0.25) is 0 Å². The van der Waals surface area contributed by atoms with Crippen molar-refractivity contribution in [1.82, 2.24) is 4.90 Å². The maximum atomic E-state index is 10.3. The second-order valence-corrected chi connectivity index (χ2v) is 10.7. The SMILES string of the molecule is C[C@H](CCl)COc1ccc(C(C)(C)c2ccc(OC[C@@H](O)CN3CCSCC3)cc2)cc1. The van der Waals surface area contributed by atoms with Gasteiger partial charge >= 0.3 is 0 Å². The number of aliphatic hydroxyl groups excluding tert-OH is 1. The fourth-order valence-electron chi connectivity index (χ4n) is 3.71. The van der Waals surface area contributed by atoms with Gasteiger partial charge in [-0.25, -0.2) is 0 Å². The number of thioether (sulfide) groups is 1. The highest BCUT2D eigenvalue weighted by atomic mass is 35.5. The topological polar surface area (TPSA) is 41.9 Å². The van der Waals surface area contributed by atoms with E-state index in [9.17, 15) is 5.11 Å². The molecule has 2 aromatic rings. The monoisotopic (exact) mass is 477 g/mol. The van der Waals surface area contributed by atoms with Crippen molar-refractivity contribution in [2.45, 2.75) is 32.3 Å². The highest BCUT2D eigenvalue weighted by molar-refractivity contribution is 7.99. The first-order valence-corrected chi connectivity index (χ1v) is 13.1. The van der Waals surface area contributed by atoms with Crippen LogP contribution in [-0.2, 0) is 5.41 Å². The van der Waals surface area contributed by atoms with E-state index in [4.69, 9.17) is 21.1 Å². The zero-order valence-electron chi connectivity index (χ0n) is 19.4. The second-order valence-electron chi connectivity index (χ2n) is 9.12. The smallest absolute Gasteiger partial charge is 0.119 e. The van der Waals surface area contributed by atoms with E-state index < -0.39 is 6.10 Å². The van der Waals surface area contributed by atoms with Gasteiger partial charge in [-0.05, 0) is 35.4 Å². The maximum absolute atomic E-state index is 10.3. The van der Waals surface area contributed by atoms with Crippen molar-refractivity contribution in [1.29, 1.82) is 0 Å². The van der Waals surface area contributed by atoms with Crippen molar-refractivity contribution in [2.75, 3.05) is 50.2 Å². The molecule has 0 amide bonds. The summed E-state index contributed by atoms with van der Waals surface area (Å²) in [6.07, 6.45) is -0.470. The Morgan fingerprint density at radius 3 is 1.94 bits per heavy atom. The van der Waals surface area contributed by atoms with Gasteiger partial charge in [0, 0.05) is 48.4 Å². The lowest BCUT2D eigenvalue weighted by Crippen LogP contribution is -2.40. The van der Waals surface area contributed by atoms with Gasteiger partial charge in [-0.2, -0.15) is 11.8 Å². The molecule has 0 unspecified atom stereocenters. The molecular formula is C26H36ClNO3S. The molecule has 2 aromatic carbocycles. The number of ether oxygens (including phenoxy) is 2. The molecule has 0 aromatic heterocycles. The molecule has 0 spiro atoms. The Morgan fingerprint density at radius 2 is 1.44 bits per heavy atom. The van der Waals surface area contributed by atoms with Crippen LogP contribution in [0.1, 0.15) is 31.9 Å². The molecule has 1 aliphatic rings. The minimum Gasteiger partial charge on any atom is -0.493 e. The van der Waals surface area contributed by atoms with Crippen molar-refractivity contribution in [3.8, 4) is 11.5 Å². The van der Waals surface area contributed by atoms with Crippen LogP contribution in [0.3, 0.4) is 0 Å². The molecule has 176 valence electrons. The largest absolute Gasteiger partial charge is 0.493 e. The van der Waals surface area contributed by atoms with Crippen molar-refractivity contribution in [2.24, 2.45) is 5.92 Å². The highest BCUT2D eigenvalue weighted by Gasteiger charge is 2.23. The zero-order valence-corrected chi connectivity index (χ0v) is 21.0. The van der Waals surface area contributed by atoms with E-state index in [1.165, 1.54) is 11.1 Å². The lowest BCUT2D eigenvalue weighted by Gasteiger charge is -2.28. The molecule has 1 N–H and O–H groups in total. The van der Waals surface area contributed by atoms with Crippen LogP contribution >= 0.6 is 23.4 Å². The number of hydrogen-bond acceptors (Lipinski definition) is 5. The molecule has 0 bridgehead atoms. The van der Waals surface area contributed by atoms with Gasteiger partial charge in [0.15, 0.2) is 0 Å². The van der Waals surface area contributed by atoms with Crippen molar-refractivity contribution < 1.29 is 14.6 Å². The number of alkyl halides is 1. The summed E-state index contributed by atoms with van der Waals surface area (Å²) in [5.74, 6) is 4.88. The van der Waals surface area contributed by atoms with E-state index >= 15 is 0 Å². The molecule has 3 rings (SSSR count). The molecule has 1 aliphatic heterocycles. The molecular weight excluding hydrogens is 442 g/mol. The minimum atomic E-state index is -0.470. The Morgan fingerprint density at radius 1 is 0.938 bits per heavy atom. The number of aliphatic hydroxyl groups is 1. The van der Waals surface area contributed by atoms with Gasteiger partial charge in [-0.3, -0.25) is 4.90 Å². The van der Waals surface area contributed by atoms with Gasteiger partial charge in [-0.15, -0.1) is 11.6 Å². The van der Waals surface area contributed by atoms with Gasteiger partial charge in [0.05, 0.1) is 6.61 Å². The van der Waals surface area contributed by atoms with Gasteiger partial charge in [0.25, 0.3) is 0 Å². The van der Waals surface area contributed by atoms with E-state index in [1.807, 2.05) is 36.0 Å². The average molecular weight is 478 g/mol. The van der Waals surface area contributed by atoms with Gasteiger partial charge in [0.2, 0.25) is 0 Å². The van der Waals surface area contributed by atoms with Gasteiger partial charge < -0.3 is 14.6 Å². The van der Waals surface area contributed by atoms with Crippen LogP contribution in [0, 0.1) is 5.92 Å². The molecule has 0 saturated carbocycles. The summed E-state index contributed by atoms with van der Waals surface area (Å²) in [7, 11) is 0. The quantitative estimate of drug-likeness (QED) is 0.458. The highest BCUT2D eigenvalue weighted by Crippen LogP contribution is 2.33. The second kappa shape index (κ2) is 12.2. The van der Waals surface area contributed by atoms with Crippen LogP contribution in [0.15, 0.2) is 48.5 Å². The lowest BCUT2D eigenvalue weighted by atomic mass is 9.78. The molecule has 0 radical (unpaired) electrons. The fourth-order valence-corrected chi connectivity index (χ4v) is 4.78. The summed E-state index contributed by atoms with van der Waals surface area (Å²) < 4.78 is 11.7. The van der Waals surface area contributed by atoms with Crippen LogP contribution in [0.5, 0.6) is 11.5 Å². The summed E-state index contributed by atoms with van der Waals surface area (Å²) in [6.45, 7) is 10.2. The van der Waals surface area contributed by atoms with Gasteiger partial charge in [0.1, 0.15) is 24.2 Å². The van der Waals surface area contributed by atoms with Crippen LogP contribution < -0.4 is 9.47 Å². The minimum absolute atomic E-state index is 0.147. The Bertz CT molecular complexity index is 807. The summed E-state index contributed by atoms with van der Waals surface area (Å²) in [4.78, 5) is 2.31. The van der Waals surface area contributed by atoms with E-state index in [-0.39, 0.29) is 5.41 Å². The van der Waals surface area contributed by atoms with Crippen LogP contribution in [0.25, 0.3) is 0 Å². The van der Waals surface area contributed by atoms with Crippen molar-refractivity contribution in [3.63, 3.8) is 0 Å². The third-order valence-corrected chi connectivity index (χ3v) is 7.43. The van der Waals surface area contributed by atoms with Crippen LogP contribution in [0.4, 0.5) is 0 Å². The summed E-state index contributed by atoms with van der Waals surface area (Å²) in [6, 6.07) is 16.5. The Hall–Kier alpha value is -1.40. The molecule has 32 heavy (non-hydrogen) atoms.